The Morgan fingerprint density at radius 2 is 2.12 bits per heavy atom. The molecule has 0 aromatic carbocycles. The highest BCUT2D eigenvalue weighted by Gasteiger charge is 2.38. The molecule has 2 heterocycles. The van der Waals surface area contributed by atoms with Crippen molar-refractivity contribution in [2.75, 3.05) is 7.05 Å². The van der Waals surface area contributed by atoms with Gasteiger partial charge in [-0.05, 0) is 24.1 Å². The molecule has 1 aromatic heterocycles. The number of piperidine rings is 1. The summed E-state index contributed by atoms with van der Waals surface area (Å²) in [5, 5.41) is 9.22. The number of hydrogen-bond acceptors (Lipinski definition) is 3. The van der Waals surface area contributed by atoms with Crippen LogP contribution in [0.5, 0.6) is 0 Å². The van der Waals surface area contributed by atoms with E-state index in [-0.39, 0.29) is 5.91 Å². The Labute approximate surface area is 99.1 Å². The van der Waals surface area contributed by atoms with Crippen LogP contribution in [0.1, 0.15) is 24.4 Å². The maximum Gasteiger partial charge on any atom is 0.308 e. The van der Waals surface area contributed by atoms with Crippen LogP contribution in [0.3, 0.4) is 0 Å². The second-order valence-corrected chi connectivity index (χ2v) is 4.21. The normalized spacial score (nSPS) is 24.8. The minimum atomic E-state index is -0.855. The third kappa shape index (κ3) is 2.13. The van der Waals surface area contributed by atoms with Crippen LogP contribution in [0.25, 0.3) is 0 Å². The lowest BCUT2D eigenvalue weighted by atomic mass is 9.85. The first kappa shape index (κ1) is 11.6. The molecule has 1 aromatic rings. The molecule has 1 saturated heterocycles. The van der Waals surface area contributed by atoms with Crippen LogP contribution < -0.4 is 0 Å². The fourth-order valence-electron chi connectivity index (χ4n) is 2.31. The Morgan fingerprint density at radius 3 is 2.71 bits per heavy atom. The molecule has 0 saturated carbocycles. The van der Waals surface area contributed by atoms with E-state index < -0.39 is 17.9 Å². The zero-order chi connectivity index (χ0) is 12.4. The lowest BCUT2D eigenvalue weighted by Gasteiger charge is -2.37. The lowest BCUT2D eigenvalue weighted by molar-refractivity contribution is -0.150. The van der Waals surface area contributed by atoms with Crippen molar-refractivity contribution in [3.63, 3.8) is 0 Å². The molecule has 5 nitrogen and oxygen atoms in total. The molecule has 1 N–H and O–H groups in total. The number of rotatable bonds is 2. The molecule has 17 heavy (non-hydrogen) atoms. The van der Waals surface area contributed by atoms with Gasteiger partial charge in [0, 0.05) is 25.9 Å². The summed E-state index contributed by atoms with van der Waals surface area (Å²) < 4.78 is 0. The van der Waals surface area contributed by atoms with Crippen molar-refractivity contribution < 1.29 is 14.7 Å². The van der Waals surface area contributed by atoms with Crippen LogP contribution in [-0.2, 0) is 9.59 Å². The Bertz CT molecular complexity index is 433. The number of aromatic nitrogens is 1. The summed E-state index contributed by atoms with van der Waals surface area (Å²) in [6.45, 7) is 0. The van der Waals surface area contributed by atoms with Gasteiger partial charge in [-0.1, -0.05) is 0 Å². The van der Waals surface area contributed by atoms with E-state index in [9.17, 15) is 14.7 Å². The summed E-state index contributed by atoms with van der Waals surface area (Å²) in [4.78, 5) is 28.3. The predicted octanol–water partition coefficient (Wildman–Crippen LogP) is 1.08. The van der Waals surface area contributed by atoms with Crippen molar-refractivity contribution in [2.24, 2.45) is 5.92 Å². The summed E-state index contributed by atoms with van der Waals surface area (Å²) in [5.41, 5.74) is 0.822. The number of pyridine rings is 1. The van der Waals surface area contributed by atoms with Gasteiger partial charge in [0.2, 0.25) is 5.91 Å². The summed E-state index contributed by atoms with van der Waals surface area (Å²) in [6.07, 6.45) is 3.92. The molecular formula is C12H14N2O3. The zero-order valence-corrected chi connectivity index (χ0v) is 9.54. The number of carboxylic acids is 1. The minimum absolute atomic E-state index is 0.00990. The van der Waals surface area contributed by atoms with Crippen molar-refractivity contribution in [3.8, 4) is 0 Å². The minimum Gasteiger partial charge on any atom is -0.481 e. The van der Waals surface area contributed by atoms with Crippen LogP contribution in [-0.4, -0.2) is 33.9 Å². The van der Waals surface area contributed by atoms with Crippen molar-refractivity contribution in [3.05, 3.63) is 30.1 Å². The van der Waals surface area contributed by atoms with Crippen LogP contribution in [0.15, 0.2) is 24.5 Å². The van der Waals surface area contributed by atoms with Crippen LogP contribution in [0.4, 0.5) is 0 Å². The highest BCUT2D eigenvalue weighted by Crippen LogP contribution is 2.35. The molecule has 0 radical (unpaired) electrons. The highest BCUT2D eigenvalue weighted by atomic mass is 16.4. The van der Waals surface area contributed by atoms with E-state index in [1.165, 1.54) is 4.90 Å². The van der Waals surface area contributed by atoms with Gasteiger partial charge >= 0.3 is 5.97 Å². The fourth-order valence-corrected chi connectivity index (χ4v) is 2.31. The monoisotopic (exact) mass is 234 g/mol. The molecule has 0 unspecified atom stereocenters. The third-order valence-corrected chi connectivity index (χ3v) is 3.23. The molecule has 2 rings (SSSR count). The van der Waals surface area contributed by atoms with Gasteiger partial charge in [-0.2, -0.15) is 0 Å². The van der Waals surface area contributed by atoms with E-state index in [0.29, 0.717) is 12.8 Å². The van der Waals surface area contributed by atoms with Crippen LogP contribution >= 0.6 is 0 Å². The molecule has 1 amide bonds. The largest absolute Gasteiger partial charge is 0.481 e. The summed E-state index contributed by atoms with van der Waals surface area (Å²) in [7, 11) is 1.66. The fraction of sp³-hybridized carbons (Fsp3) is 0.417. The zero-order valence-electron chi connectivity index (χ0n) is 9.54. The Kier molecular flexibility index (Phi) is 3.08. The van der Waals surface area contributed by atoms with Crippen molar-refractivity contribution >= 4 is 11.9 Å². The second kappa shape index (κ2) is 4.53. The van der Waals surface area contributed by atoms with E-state index in [2.05, 4.69) is 4.98 Å². The molecule has 2 atom stereocenters. The van der Waals surface area contributed by atoms with Crippen molar-refractivity contribution in [1.29, 1.82) is 0 Å². The van der Waals surface area contributed by atoms with Crippen molar-refractivity contribution in [1.82, 2.24) is 9.88 Å². The van der Waals surface area contributed by atoms with Gasteiger partial charge in [-0.15, -0.1) is 0 Å². The lowest BCUT2D eigenvalue weighted by Crippen LogP contribution is -2.42. The van der Waals surface area contributed by atoms with Gasteiger partial charge in [-0.3, -0.25) is 14.6 Å². The van der Waals surface area contributed by atoms with Gasteiger partial charge in [0.15, 0.2) is 0 Å². The third-order valence-electron chi connectivity index (χ3n) is 3.23. The van der Waals surface area contributed by atoms with Gasteiger partial charge < -0.3 is 10.0 Å². The molecule has 90 valence electrons. The van der Waals surface area contributed by atoms with E-state index in [4.69, 9.17) is 0 Å². The second-order valence-electron chi connectivity index (χ2n) is 4.21. The van der Waals surface area contributed by atoms with Crippen LogP contribution in [0, 0.1) is 5.92 Å². The van der Waals surface area contributed by atoms with E-state index in [0.717, 1.165) is 5.56 Å². The van der Waals surface area contributed by atoms with Gasteiger partial charge in [-0.25, -0.2) is 0 Å². The Morgan fingerprint density at radius 1 is 1.47 bits per heavy atom. The molecule has 1 aliphatic rings. The topological polar surface area (TPSA) is 70.5 Å². The number of amides is 1. The number of carbonyl (C=O) groups is 2. The maximum atomic E-state index is 11.7. The SMILES string of the molecule is CN1C(=O)CC[C@@H](C(=O)O)[C@H]1c1ccncc1. The number of likely N-dealkylation sites (tertiary alicyclic amines) is 1. The molecule has 0 aliphatic carbocycles. The van der Waals surface area contributed by atoms with E-state index in [1.807, 2.05) is 0 Å². The summed E-state index contributed by atoms with van der Waals surface area (Å²) in [5.74, 6) is -1.41. The molecule has 1 fully saturated rings. The van der Waals surface area contributed by atoms with Crippen molar-refractivity contribution in [2.45, 2.75) is 18.9 Å². The summed E-state index contributed by atoms with van der Waals surface area (Å²) in [6, 6.07) is 3.13. The Balaban J connectivity index is 2.37. The van der Waals surface area contributed by atoms with Crippen LogP contribution in [0.2, 0.25) is 0 Å². The van der Waals surface area contributed by atoms with E-state index >= 15 is 0 Å². The first-order valence-corrected chi connectivity index (χ1v) is 5.49. The highest BCUT2D eigenvalue weighted by molar-refractivity contribution is 5.81. The number of aliphatic carboxylic acids is 1. The molecular weight excluding hydrogens is 220 g/mol. The van der Waals surface area contributed by atoms with E-state index in [1.54, 1.807) is 31.6 Å². The number of hydrogen-bond donors (Lipinski definition) is 1. The van der Waals surface area contributed by atoms with Gasteiger partial charge in [0.05, 0.1) is 12.0 Å². The number of nitrogens with zero attached hydrogens (tertiary/aromatic N) is 2. The molecule has 0 bridgehead atoms. The average molecular weight is 234 g/mol. The first-order chi connectivity index (χ1) is 8.11. The predicted molar refractivity (Wildman–Crippen MR) is 60.1 cm³/mol. The maximum absolute atomic E-state index is 11.7. The smallest absolute Gasteiger partial charge is 0.308 e. The van der Waals surface area contributed by atoms with Gasteiger partial charge in [0.1, 0.15) is 0 Å². The average Bonchev–Trinajstić information content (AvgIpc) is 2.33. The van der Waals surface area contributed by atoms with Gasteiger partial charge in [0.25, 0.3) is 0 Å². The summed E-state index contributed by atoms with van der Waals surface area (Å²) >= 11 is 0. The standard InChI is InChI=1S/C12H14N2O3/c1-14-10(15)3-2-9(12(16)17)11(14)8-4-6-13-7-5-8/h4-7,9,11H,2-3H2,1H3,(H,16,17)/t9-,11-/m1/s1. The molecule has 5 heteroatoms. The molecule has 1 aliphatic heterocycles. The first-order valence-electron chi connectivity index (χ1n) is 5.49. The molecule has 0 spiro atoms. The number of carboxylic acid groups (broad SMARTS) is 1. The quantitative estimate of drug-likeness (QED) is 0.831. The number of carbonyl (C=O) groups excluding carboxylic acids is 1. The Hall–Kier alpha value is -1.91.